The second-order valence-electron chi connectivity index (χ2n) is 5.72. The highest BCUT2D eigenvalue weighted by molar-refractivity contribution is 9.09. The van der Waals surface area contributed by atoms with E-state index in [0.717, 1.165) is 12.1 Å². The van der Waals surface area contributed by atoms with Gasteiger partial charge in [-0.25, -0.2) is 0 Å². The number of alkyl halides is 4. The highest BCUT2D eigenvalue weighted by atomic mass is 79.9. The molecule has 0 radical (unpaired) electrons. The minimum absolute atomic E-state index is 0.0692. The third kappa shape index (κ3) is 3.57. The molecule has 3 rings (SSSR count). The zero-order valence-electron chi connectivity index (χ0n) is 12.9. The molecule has 0 saturated heterocycles. The Hall–Kier alpha value is -1.86. The number of rotatable bonds is 2. The van der Waals surface area contributed by atoms with Gasteiger partial charge >= 0.3 is 6.18 Å². The summed E-state index contributed by atoms with van der Waals surface area (Å²) in [4.78, 5) is 12.4. The molecule has 7 heteroatoms. The summed E-state index contributed by atoms with van der Waals surface area (Å²) in [6.07, 6.45) is -4.97. The minimum atomic E-state index is -4.62. The zero-order valence-corrected chi connectivity index (χ0v) is 14.5. The van der Waals surface area contributed by atoms with Gasteiger partial charge in [0.15, 0.2) is 5.78 Å². The minimum Gasteiger partial charge on any atom is -0.493 e. The van der Waals surface area contributed by atoms with Crippen molar-refractivity contribution in [2.75, 3.05) is 6.61 Å². The van der Waals surface area contributed by atoms with Gasteiger partial charge in [0, 0.05) is 21.5 Å². The number of aliphatic hydroxyl groups excluding tert-OH is 1. The fraction of sp³-hybridized carbons (Fsp3) is 0.278. The summed E-state index contributed by atoms with van der Waals surface area (Å²) in [5.41, 5.74) is -0.950. The fourth-order valence-corrected chi connectivity index (χ4v) is 3.24. The fourth-order valence-electron chi connectivity index (χ4n) is 2.77. The lowest BCUT2D eigenvalue weighted by molar-refractivity contribution is -0.137. The highest BCUT2D eigenvalue weighted by Crippen LogP contribution is 2.37. The number of hydrogen-bond donors (Lipinski definition) is 1. The monoisotopic (exact) mass is 414 g/mol. The van der Waals surface area contributed by atoms with Gasteiger partial charge in [-0.05, 0) is 30.7 Å². The summed E-state index contributed by atoms with van der Waals surface area (Å²) in [6, 6.07) is 8.97. The van der Waals surface area contributed by atoms with E-state index in [1.165, 1.54) is 30.3 Å². The predicted molar refractivity (Wildman–Crippen MR) is 89.1 cm³/mol. The largest absolute Gasteiger partial charge is 0.493 e. The van der Waals surface area contributed by atoms with Gasteiger partial charge < -0.3 is 9.84 Å². The van der Waals surface area contributed by atoms with Crippen LogP contribution in [-0.2, 0) is 6.18 Å². The molecule has 0 bridgehead atoms. The maximum absolute atomic E-state index is 13.1. The first-order valence-electron chi connectivity index (χ1n) is 7.59. The molecule has 1 aliphatic rings. The lowest BCUT2D eigenvalue weighted by Gasteiger charge is -2.16. The normalized spacial score (nSPS) is 20.4. The van der Waals surface area contributed by atoms with Gasteiger partial charge in [-0.1, -0.05) is 34.1 Å². The number of fused-ring (bicyclic) bond motifs is 1. The average Bonchev–Trinajstić information content (AvgIpc) is 2.72. The molecule has 25 heavy (non-hydrogen) atoms. The van der Waals surface area contributed by atoms with E-state index in [2.05, 4.69) is 15.9 Å². The van der Waals surface area contributed by atoms with E-state index >= 15 is 0 Å². The predicted octanol–water partition coefficient (Wildman–Crippen LogP) is 4.52. The van der Waals surface area contributed by atoms with E-state index < -0.39 is 29.2 Å². The molecule has 0 aromatic heterocycles. The first kappa shape index (κ1) is 17.9. The van der Waals surface area contributed by atoms with Crippen LogP contribution in [0.1, 0.15) is 39.6 Å². The molecule has 0 spiro atoms. The summed E-state index contributed by atoms with van der Waals surface area (Å²) >= 11 is 3.35. The van der Waals surface area contributed by atoms with E-state index in [0.29, 0.717) is 24.3 Å². The smallest absolute Gasteiger partial charge is 0.417 e. The standard InChI is InChI=1S/C18H14BrF3O3/c19-14-7-8-25-15-6-5-10(9-12(15)17(14)24)16(23)11-3-1-2-4-13(11)18(20,21)22/h1-6,9,14,17,24H,7-8H2/t14-,17-/m0/s1. The number of halogens is 4. The number of ether oxygens (including phenoxy) is 1. The topological polar surface area (TPSA) is 46.5 Å². The molecule has 0 amide bonds. The van der Waals surface area contributed by atoms with Crippen LogP contribution >= 0.6 is 15.9 Å². The first-order valence-corrected chi connectivity index (χ1v) is 8.50. The number of carbonyl (C=O) groups is 1. The summed E-state index contributed by atoms with van der Waals surface area (Å²) in [6.45, 7) is 0.393. The molecule has 0 saturated carbocycles. The summed E-state index contributed by atoms with van der Waals surface area (Å²) in [5.74, 6) is -0.326. The van der Waals surface area contributed by atoms with Crippen LogP contribution in [0.25, 0.3) is 0 Å². The highest BCUT2D eigenvalue weighted by Gasteiger charge is 2.35. The second-order valence-corrected chi connectivity index (χ2v) is 6.90. The third-order valence-electron chi connectivity index (χ3n) is 4.06. The van der Waals surface area contributed by atoms with E-state index in [9.17, 15) is 23.1 Å². The molecular formula is C18H14BrF3O3. The van der Waals surface area contributed by atoms with Crippen LogP contribution in [0.2, 0.25) is 0 Å². The molecule has 1 N–H and O–H groups in total. The van der Waals surface area contributed by atoms with Crippen molar-refractivity contribution in [2.45, 2.75) is 23.5 Å². The Morgan fingerprint density at radius 3 is 2.64 bits per heavy atom. The maximum atomic E-state index is 13.1. The van der Waals surface area contributed by atoms with Gasteiger partial charge in [0.2, 0.25) is 0 Å². The van der Waals surface area contributed by atoms with Crippen molar-refractivity contribution in [3.63, 3.8) is 0 Å². The van der Waals surface area contributed by atoms with Crippen LogP contribution in [0.4, 0.5) is 13.2 Å². The molecule has 2 atom stereocenters. The SMILES string of the molecule is O=C(c1ccc2c(c1)[C@H](O)[C@@H](Br)CCO2)c1ccccc1C(F)(F)F. The molecule has 2 aromatic carbocycles. The molecule has 1 heterocycles. The maximum Gasteiger partial charge on any atom is 0.417 e. The molecule has 0 aliphatic carbocycles. The Bertz CT molecular complexity index is 804. The van der Waals surface area contributed by atoms with E-state index in [-0.39, 0.29) is 10.4 Å². The first-order chi connectivity index (χ1) is 11.8. The molecule has 2 aromatic rings. The number of aliphatic hydroxyl groups is 1. The Balaban J connectivity index is 2.04. The molecular weight excluding hydrogens is 401 g/mol. The third-order valence-corrected chi connectivity index (χ3v) is 5.02. The lowest BCUT2D eigenvalue weighted by Crippen LogP contribution is -2.15. The summed E-state index contributed by atoms with van der Waals surface area (Å²) < 4.78 is 45.0. The zero-order chi connectivity index (χ0) is 18.2. The van der Waals surface area contributed by atoms with Crippen molar-refractivity contribution in [3.8, 4) is 5.75 Å². The second kappa shape index (κ2) is 6.80. The van der Waals surface area contributed by atoms with Gasteiger partial charge in [0.05, 0.1) is 18.3 Å². The van der Waals surface area contributed by atoms with Crippen molar-refractivity contribution in [1.82, 2.24) is 0 Å². The molecule has 0 fully saturated rings. The van der Waals surface area contributed by atoms with Crippen molar-refractivity contribution < 1.29 is 27.8 Å². The number of benzene rings is 2. The van der Waals surface area contributed by atoms with Gasteiger partial charge in [-0.15, -0.1) is 0 Å². The Kier molecular flexibility index (Phi) is 4.88. The Morgan fingerprint density at radius 2 is 1.92 bits per heavy atom. The molecule has 132 valence electrons. The molecule has 3 nitrogen and oxygen atoms in total. The number of hydrogen-bond acceptors (Lipinski definition) is 3. The van der Waals surface area contributed by atoms with Crippen LogP contribution in [0.5, 0.6) is 5.75 Å². The van der Waals surface area contributed by atoms with Crippen LogP contribution in [0.3, 0.4) is 0 Å². The molecule has 0 unspecified atom stereocenters. The van der Waals surface area contributed by atoms with E-state index in [4.69, 9.17) is 4.74 Å². The van der Waals surface area contributed by atoms with Crippen molar-refractivity contribution in [2.24, 2.45) is 0 Å². The van der Waals surface area contributed by atoms with E-state index in [1.54, 1.807) is 0 Å². The van der Waals surface area contributed by atoms with Crippen molar-refractivity contribution >= 4 is 21.7 Å². The van der Waals surface area contributed by atoms with Crippen LogP contribution in [0.15, 0.2) is 42.5 Å². The van der Waals surface area contributed by atoms with Gasteiger partial charge in [0.25, 0.3) is 0 Å². The van der Waals surface area contributed by atoms with E-state index in [1.807, 2.05) is 0 Å². The van der Waals surface area contributed by atoms with Gasteiger partial charge in [-0.3, -0.25) is 4.79 Å². The van der Waals surface area contributed by atoms with Crippen molar-refractivity contribution in [3.05, 3.63) is 64.7 Å². The van der Waals surface area contributed by atoms with Crippen molar-refractivity contribution in [1.29, 1.82) is 0 Å². The average molecular weight is 415 g/mol. The van der Waals surface area contributed by atoms with Crippen LogP contribution < -0.4 is 4.74 Å². The summed E-state index contributed by atoms with van der Waals surface area (Å²) in [5, 5.41) is 10.4. The van der Waals surface area contributed by atoms with Gasteiger partial charge in [0.1, 0.15) is 5.75 Å². The Labute approximate surface area is 150 Å². The lowest BCUT2D eigenvalue weighted by atomic mass is 9.95. The number of ketones is 1. The Morgan fingerprint density at radius 1 is 1.20 bits per heavy atom. The molecule has 1 aliphatic heterocycles. The van der Waals surface area contributed by atoms with Crippen LogP contribution in [-0.4, -0.2) is 22.3 Å². The van der Waals surface area contributed by atoms with Crippen LogP contribution in [0, 0.1) is 0 Å². The summed E-state index contributed by atoms with van der Waals surface area (Å²) in [7, 11) is 0. The quantitative estimate of drug-likeness (QED) is 0.580. The number of carbonyl (C=O) groups excluding carboxylic acids is 1. The van der Waals surface area contributed by atoms with Gasteiger partial charge in [-0.2, -0.15) is 13.2 Å².